The molecule has 2 heterocycles. The summed E-state index contributed by atoms with van der Waals surface area (Å²) in [6.45, 7) is 4.50. The maximum atomic E-state index is 12.4. The summed E-state index contributed by atoms with van der Waals surface area (Å²) in [5.41, 5.74) is 0.340. The number of hydrogen-bond acceptors (Lipinski definition) is 5. The largest absolute Gasteiger partial charge is 0.383 e. The van der Waals surface area contributed by atoms with E-state index in [9.17, 15) is 14.4 Å². The Labute approximate surface area is 122 Å². The molecule has 1 aromatic rings. The summed E-state index contributed by atoms with van der Waals surface area (Å²) in [5.74, 6) is -2.14. The average Bonchev–Trinajstić information content (AvgIpc) is 2.83. The molecule has 0 saturated carbocycles. The van der Waals surface area contributed by atoms with Gasteiger partial charge in [-0.15, -0.1) is 0 Å². The van der Waals surface area contributed by atoms with Crippen molar-refractivity contribution in [3.05, 3.63) is 12.4 Å². The minimum atomic E-state index is -0.870. The first kappa shape index (κ1) is 15.2. The highest BCUT2D eigenvalue weighted by Crippen LogP contribution is 2.24. The Morgan fingerprint density at radius 1 is 1.38 bits per heavy atom. The summed E-state index contributed by atoms with van der Waals surface area (Å²) in [6.07, 6.45) is 2.99. The molecule has 1 atom stereocenters. The van der Waals surface area contributed by atoms with Gasteiger partial charge in [0.05, 0.1) is 25.0 Å². The number of urea groups is 1. The molecule has 1 aliphatic rings. The number of rotatable bonds is 5. The molecule has 114 valence electrons. The number of imide groups is 2. The van der Waals surface area contributed by atoms with Crippen LogP contribution in [-0.2, 0) is 20.9 Å². The molecule has 1 aliphatic heterocycles. The molecule has 0 spiro atoms. The first-order valence-electron chi connectivity index (χ1n) is 6.66. The Kier molecular flexibility index (Phi) is 4.37. The molecule has 4 amide bonds. The lowest BCUT2D eigenvalue weighted by atomic mass is 9.92. The van der Waals surface area contributed by atoms with Crippen LogP contribution in [0, 0.1) is 11.8 Å². The Balaban J connectivity index is 2.24. The van der Waals surface area contributed by atoms with Crippen molar-refractivity contribution in [1.82, 2.24) is 15.1 Å². The van der Waals surface area contributed by atoms with E-state index >= 15 is 0 Å². The maximum absolute atomic E-state index is 12.4. The fraction of sp³-hybridized carbons (Fsp3) is 0.538. The number of nitrogens with one attached hydrogen (secondary N) is 1. The lowest BCUT2D eigenvalue weighted by molar-refractivity contribution is -0.136. The van der Waals surface area contributed by atoms with Gasteiger partial charge in [0.1, 0.15) is 5.92 Å². The van der Waals surface area contributed by atoms with E-state index in [0.29, 0.717) is 18.8 Å². The van der Waals surface area contributed by atoms with Crippen molar-refractivity contribution < 1.29 is 19.1 Å². The maximum Gasteiger partial charge on any atom is 0.335 e. The number of carbonyl (C=O) groups is 3. The molecular weight excluding hydrogens is 276 g/mol. The van der Waals surface area contributed by atoms with Crippen molar-refractivity contribution in [2.45, 2.75) is 20.4 Å². The molecule has 1 aromatic heterocycles. The highest BCUT2D eigenvalue weighted by atomic mass is 16.5. The summed E-state index contributed by atoms with van der Waals surface area (Å²) in [6, 6.07) is -0.742. The monoisotopic (exact) mass is 294 g/mol. The molecule has 0 radical (unpaired) electrons. The van der Waals surface area contributed by atoms with E-state index in [1.165, 1.54) is 6.20 Å². The standard InChI is InChI=1S/C13H18N4O4/c1-8(2)10-11(18)15-13(20)17(12(10)19)9-6-14-16(7-9)4-5-21-3/h6-8,10H,4-5H2,1-3H3,(H,15,18,20). The highest BCUT2D eigenvalue weighted by Gasteiger charge is 2.43. The van der Waals surface area contributed by atoms with Crippen LogP contribution in [0.2, 0.25) is 0 Å². The minimum Gasteiger partial charge on any atom is -0.383 e. The van der Waals surface area contributed by atoms with E-state index in [-0.39, 0.29) is 5.92 Å². The van der Waals surface area contributed by atoms with Gasteiger partial charge in [-0.05, 0) is 5.92 Å². The van der Waals surface area contributed by atoms with Crippen LogP contribution in [0.3, 0.4) is 0 Å². The summed E-state index contributed by atoms with van der Waals surface area (Å²) in [5, 5.41) is 6.27. The molecule has 1 N–H and O–H groups in total. The number of anilines is 1. The number of hydrogen-bond donors (Lipinski definition) is 1. The van der Waals surface area contributed by atoms with Crippen LogP contribution in [0.1, 0.15) is 13.8 Å². The quantitative estimate of drug-likeness (QED) is 0.793. The van der Waals surface area contributed by atoms with Crippen LogP contribution in [0.4, 0.5) is 10.5 Å². The first-order chi connectivity index (χ1) is 9.95. The van der Waals surface area contributed by atoms with E-state index in [0.717, 1.165) is 4.90 Å². The molecule has 0 aromatic carbocycles. The van der Waals surface area contributed by atoms with Gasteiger partial charge in [0.2, 0.25) is 11.8 Å². The second-order valence-corrected chi connectivity index (χ2v) is 5.14. The van der Waals surface area contributed by atoms with Crippen LogP contribution in [0.5, 0.6) is 0 Å². The lowest BCUT2D eigenvalue weighted by Gasteiger charge is -2.30. The topological polar surface area (TPSA) is 93.5 Å². The molecular formula is C13H18N4O4. The minimum absolute atomic E-state index is 0.198. The predicted octanol–water partition coefficient (Wildman–Crippen LogP) is 0.384. The predicted molar refractivity (Wildman–Crippen MR) is 73.5 cm³/mol. The van der Waals surface area contributed by atoms with Crippen molar-refractivity contribution in [2.24, 2.45) is 11.8 Å². The molecule has 21 heavy (non-hydrogen) atoms. The van der Waals surface area contributed by atoms with Crippen molar-refractivity contribution in [3.8, 4) is 0 Å². The molecule has 1 saturated heterocycles. The van der Waals surface area contributed by atoms with Gasteiger partial charge in [-0.2, -0.15) is 5.10 Å². The number of methoxy groups -OCH3 is 1. The van der Waals surface area contributed by atoms with Crippen LogP contribution in [0.15, 0.2) is 12.4 Å². The van der Waals surface area contributed by atoms with Crippen molar-refractivity contribution in [2.75, 3.05) is 18.6 Å². The molecule has 8 nitrogen and oxygen atoms in total. The smallest absolute Gasteiger partial charge is 0.335 e. The van der Waals surface area contributed by atoms with E-state index in [4.69, 9.17) is 4.74 Å². The van der Waals surface area contributed by atoms with Gasteiger partial charge in [0.15, 0.2) is 0 Å². The van der Waals surface area contributed by atoms with Crippen molar-refractivity contribution in [1.29, 1.82) is 0 Å². The zero-order valence-corrected chi connectivity index (χ0v) is 12.2. The van der Waals surface area contributed by atoms with Gasteiger partial charge in [-0.25, -0.2) is 9.69 Å². The Hall–Kier alpha value is -2.22. The Morgan fingerprint density at radius 2 is 2.10 bits per heavy atom. The van der Waals surface area contributed by atoms with Crippen LogP contribution < -0.4 is 10.2 Å². The van der Waals surface area contributed by atoms with Crippen LogP contribution in [-0.4, -0.2) is 41.3 Å². The highest BCUT2D eigenvalue weighted by molar-refractivity contribution is 6.27. The fourth-order valence-corrected chi connectivity index (χ4v) is 2.20. The van der Waals surface area contributed by atoms with Crippen molar-refractivity contribution >= 4 is 23.5 Å². The molecule has 1 unspecified atom stereocenters. The summed E-state index contributed by atoms with van der Waals surface area (Å²) in [7, 11) is 1.57. The second kappa shape index (κ2) is 6.04. The molecule has 1 fully saturated rings. The Bertz CT molecular complexity index is 566. The first-order valence-corrected chi connectivity index (χ1v) is 6.66. The molecule has 0 bridgehead atoms. The van der Waals surface area contributed by atoms with Crippen molar-refractivity contribution in [3.63, 3.8) is 0 Å². The average molecular weight is 294 g/mol. The molecule has 2 rings (SSSR count). The number of ether oxygens (including phenoxy) is 1. The second-order valence-electron chi connectivity index (χ2n) is 5.14. The van der Waals surface area contributed by atoms with E-state index < -0.39 is 23.8 Å². The van der Waals surface area contributed by atoms with E-state index in [1.807, 2.05) is 0 Å². The number of carbonyl (C=O) groups excluding carboxylic acids is 3. The van der Waals surface area contributed by atoms with Crippen LogP contribution in [0.25, 0.3) is 0 Å². The third-order valence-corrected chi connectivity index (χ3v) is 3.27. The molecule has 0 aliphatic carbocycles. The van der Waals surface area contributed by atoms with Gasteiger partial charge in [-0.3, -0.25) is 19.6 Å². The third-order valence-electron chi connectivity index (χ3n) is 3.27. The third kappa shape index (κ3) is 2.94. The van der Waals surface area contributed by atoms with E-state index in [2.05, 4.69) is 10.4 Å². The summed E-state index contributed by atoms with van der Waals surface area (Å²) >= 11 is 0. The number of amides is 4. The lowest BCUT2D eigenvalue weighted by Crippen LogP contribution is -2.59. The number of nitrogens with zero attached hydrogens (tertiary/aromatic N) is 3. The van der Waals surface area contributed by atoms with Gasteiger partial charge in [-0.1, -0.05) is 13.8 Å². The number of barbiturate groups is 1. The summed E-state index contributed by atoms with van der Waals surface area (Å²) in [4.78, 5) is 37.0. The van der Waals surface area contributed by atoms with E-state index in [1.54, 1.807) is 31.8 Å². The van der Waals surface area contributed by atoms with Gasteiger partial charge in [0, 0.05) is 13.3 Å². The zero-order chi connectivity index (χ0) is 15.6. The zero-order valence-electron chi connectivity index (χ0n) is 12.2. The van der Waals surface area contributed by atoms with Gasteiger partial charge < -0.3 is 4.74 Å². The number of aromatic nitrogens is 2. The fourth-order valence-electron chi connectivity index (χ4n) is 2.20. The van der Waals surface area contributed by atoms with Gasteiger partial charge >= 0.3 is 6.03 Å². The SMILES string of the molecule is COCCn1cc(N2C(=O)NC(=O)C(C(C)C)C2=O)cn1. The van der Waals surface area contributed by atoms with Crippen LogP contribution >= 0.6 is 0 Å². The van der Waals surface area contributed by atoms with Gasteiger partial charge in [0.25, 0.3) is 0 Å². The summed E-state index contributed by atoms with van der Waals surface area (Å²) < 4.78 is 6.51. The normalized spacial score (nSPS) is 19.3. The molecule has 8 heteroatoms. The Morgan fingerprint density at radius 3 is 2.71 bits per heavy atom.